The first-order valence-electron chi connectivity index (χ1n) is 9.76. The zero-order valence-electron chi connectivity index (χ0n) is 17.8. The fourth-order valence-electron chi connectivity index (χ4n) is 3.27. The van der Waals surface area contributed by atoms with Crippen molar-refractivity contribution in [3.8, 4) is 0 Å². The van der Waals surface area contributed by atoms with Gasteiger partial charge in [-0.3, -0.25) is 4.79 Å². The van der Waals surface area contributed by atoms with Gasteiger partial charge in [-0.25, -0.2) is 0 Å². The minimum absolute atomic E-state index is 0.0518. The van der Waals surface area contributed by atoms with E-state index < -0.39 is 16.4 Å². The van der Waals surface area contributed by atoms with Gasteiger partial charge in [-0.2, -0.15) is 0 Å². The van der Waals surface area contributed by atoms with Gasteiger partial charge >= 0.3 is 0 Å². The molecule has 0 bridgehead atoms. The third-order valence-electron chi connectivity index (χ3n) is 6.58. The Balaban J connectivity index is 5.14. The molecule has 1 atom stereocenters. The molecule has 24 heavy (non-hydrogen) atoms. The summed E-state index contributed by atoms with van der Waals surface area (Å²) in [4.78, 5) is 10.4. The van der Waals surface area contributed by atoms with Crippen molar-refractivity contribution >= 4 is 22.8 Å². The van der Waals surface area contributed by atoms with Gasteiger partial charge in [0, 0.05) is 11.8 Å². The van der Waals surface area contributed by atoms with Crippen molar-refractivity contribution in [3.05, 3.63) is 0 Å². The third-order valence-corrected chi connectivity index (χ3v) is 16.2. The summed E-state index contributed by atoms with van der Waals surface area (Å²) in [5.41, 5.74) is 0. The molecule has 0 radical (unpaired) electrons. The summed E-state index contributed by atoms with van der Waals surface area (Å²) >= 11 is 0. The maximum atomic E-state index is 10.4. The van der Waals surface area contributed by atoms with E-state index in [1.54, 1.807) is 0 Å². The van der Waals surface area contributed by atoms with Gasteiger partial charge in [0.05, 0.1) is 8.07 Å². The van der Waals surface area contributed by atoms with Crippen molar-refractivity contribution in [2.75, 3.05) is 6.54 Å². The highest BCUT2D eigenvalue weighted by atomic mass is 28.4. The molecule has 144 valence electrons. The maximum Gasteiger partial charge on any atom is 0.207 e. The van der Waals surface area contributed by atoms with Gasteiger partial charge in [0.1, 0.15) is 0 Å². The number of unbranched alkanes of at least 4 members (excludes halogenated alkanes) is 1. The number of carbonyl (C=O) groups is 1. The molecule has 3 nitrogen and oxygen atoms in total. The lowest BCUT2D eigenvalue weighted by atomic mass is 10.1. The first-order valence-corrected chi connectivity index (χ1v) is 15.9. The molecule has 0 aliphatic rings. The predicted molar refractivity (Wildman–Crippen MR) is 112 cm³/mol. The van der Waals surface area contributed by atoms with Crippen LogP contribution in [-0.4, -0.2) is 34.6 Å². The van der Waals surface area contributed by atoms with Crippen LogP contribution in [0, 0.1) is 0 Å². The Hall–Kier alpha value is -0.136. The van der Waals surface area contributed by atoms with E-state index >= 15 is 0 Å². The van der Waals surface area contributed by atoms with Gasteiger partial charge in [0.25, 0.3) is 0 Å². The van der Waals surface area contributed by atoms with Gasteiger partial charge in [-0.1, -0.05) is 59.7 Å². The Morgan fingerprint density at radius 1 is 1.04 bits per heavy atom. The number of amides is 1. The molecule has 0 aliphatic carbocycles. The van der Waals surface area contributed by atoms with E-state index in [4.69, 9.17) is 4.43 Å². The number of hydrogen-bond donors (Lipinski definition) is 1. The first kappa shape index (κ1) is 23.9. The molecular weight excluding hydrogens is 330 g/mol. The Labute approximate surface area is 153 Å². The van der Waals surface area contributed by atoms with Crippen molar-refractivity contribution in [1.82, 2.24) is 5.32 Å². The monoisotopic (exact) mass is 373 g/mol. The molecule has 0 aromatic rings. The Kier molecular flexibility index (Phi) is 9.48. The highest BCUT2D eigenvalue weighted by Crippen LogP contribution is 2.46. The lowest BCUT2D eigenvalue weighted by Gasteiger charge is -2.51. The van der Waals surface area contributed by atoms with Crippen LogP contribution in [0.3, 0.4) is 0 Å². The fourth-order valence-corrected chi connectivity index (χ4v) is 10.2. The molecule has 0 aliphatic heterocycles. The summed E-state index contributed by atoms with van der Waals surface area (Å²) in [6.45, 7) is 22.2. The van der Waals surface area contributed by atoms with Crippen LogP contribution in [-0.2, 0) is 9.22 Å². The minimum Gasteiger partial charge on any atom is -0.414 e. The second kappa shape index (κ2) is 9.53. The molecular formula is C19H43NO2Si2. The minimum atomic E-state index is -1.88. The van der Waals surface area contributed by atoms with E-state index in [2.05, 4.69) is 66.1 Å². The lowest BCUT2D eigenvalue weighted by Crippen LogP contribution is -2.60. The molecule has 0 rings (SSSR count). The van der Waals surface area contributed by atoms with Crippen LogP contribution in [0.4, 0.5) is 0 Å². The topological polar surface area (TPSA) is 38.3 Å². The van der Waals surface area contributed by atoms with Crippen LogP contribution < -0.4 is 5.32 Å². The lowest BCUT2D eigenvalue weighted by molar-refractivity contribution is -0.109. The first-order chi connectivity index (χ1) is 10.9. The van der Waals surface area contributed by atoms with E-state index in [-0.39, 0.29) is 10.3 Å². The SMILES string of the molecule is CCCC[Si](C)(C)[C@](C)(CC)O[Si](C)(C)C(C)(C)CCCNC=O. The zero-order chi connectivity index (χ0) is 19.1. The van der Waals surface area contributed by atoms with Crippen LogP contribution in [0.15, 0.2) is 0 Å². The maximum absolute atomic E-state index is 10.4. The Morgan fingerprint density at radius 2 is 1.62 bits per heavy atom. The molecule has 0 aromatic carbocycles. The Morgan fingerprint density at radius 3 is 2.08 bits per heavy atom. The summed E-state index contributed by atoms with van der Waals surface area (Å²) in [5.74, 6) is 0. The molecule has 0 heterocycles. The van der Waals surface area contributed by atoms with Crippen LogP contribution in [0.1, 0.15) is 66.7 Å². The fraction of sp³-hybridized carbons (Fsp3) is 0.947. The summed E-state index contributed by atoms with van der Waals surface area (Å²) in [6.07, 6.45) is 6.61. The molecule has 1 N–H and O–H groups in total. The Bertz CT molecular complexity index is 384. The van der Waals surface area contributed by atoms with Crippen molar-refractivity contribution in [2.45, 2.75) is 109 Å². The quantitative estimate of drug-likeness (QED) is 0.254. The van der Waals surface area contributed by atoms with Gasteiger partial charge in [-0.15, -0.1) is 0 Å². The van der Waals surface area contributed by atoms with Crippen molar-refractivity contribution in [3.63, 3.8) is 0 Å². The van der Waals surface area contributed by atoms with Crippen molar-refractivity contribution < 1.29 is 9.22 Å². The van der Waals surface area contributed by atoms with Crippen LogP contribution in [0.5, 0.6) is 0 Å². The van der Waals surface area contributed by atoms with E-state index in [0.717, 1.165) is 32.2 Å². The smallest absolute Gasteiger partial charge is 0.207 e. The summed E-state index contributed by atoms with van der Waals surface area (Å²) in [5, 5.41) is 3.03. The van der Waals surface area contributed by atoms with Crippen LogP contribution in [0.25, 0.3) is 0 Å². The van der Waals surface area contributed by atoms with Crippen LogP contribution >= 0.6 is 0 Å². The van der Waals surface area contributed by atoms with E-state index in [0.29, 0.717) is 0 Å². The molecule has 0 saturated carbocycles. The molecule has 1 amide bonds. The van der Waals surface area contributed by atoms with E-state index in [1.165, 1.54) is 18.9 Å². The highest BCUT2D eigenvalue weighted by molar-refractivity contribution is 6.82. The van der Waals surface area contributed by atoms with Crippen molar-refractivity contribution in [1.29, 1.82) is 0 Å². The standard InChI is InChI=1S/C19H43NO2Si2/c1-10-12-16-23(6,7)19(5,11-2)22-24(8,9)18(3,4)14-13-15-20-17-21/h17H,10-16H2,1-9H3,(H,20,21)/t19-/m1/s1. The van der Waals surface area contributed by atoms with E-state index in [1.807, 2.05) is 0 Å². The number of carbonyl (C=O) groups excluding carboxylic acids is 1. The second-order valence-electron chi connectivity index (χ2n) is 9.24. The second-order valence-corrected chi connectivity index (χ2v) is 19.1. The average Bonchev–Trinajstić information content (AvgIpc) is 2.48. The third kappa shape index (κ3) is 6.30. The largest absolute Gasteiger partial charge is 0.414 e. The normalized spacial score (nSPS) is 15.9. The van der Waals surface area contributed by atoms with E-state index in [9.17, 15) is 4.79 Å². The number of nitrogens with one attached hydrogen (secondary N) is 1. The number of rotatable bonds is 13. The summed E-state index contributed by atoms with van der Waals surface area (Å²) < 4.78 is 7.07. The van der Waals surface area contributed by atoms with Crippen LogP contribution in [0.2, 0.25) is 37.3 Å². The predicted octanol–water partition coefficient (Wildman–Crippen LogP) is 5.73. The molecule has 0 spiro atoms. The molecule has 0 aromatic heterocycles. The summed E-state index contributed by atoms with van der Waals surface area (Å²) in [7, 11) is -3.33. The van der Waals surface area contributed by atoms with Gasteiger partial charge in [-0.05, 0) is 44.3 Å². The zero-order valence-corrected chi connectivity index (χ0v) is 19.8. The number of hydrogen-bond acceptors (Lipinski definition) is 2. The average molecular weight is 374 g/mol. The highest BCUT2D eigenvalue weighted by Gasteiger charge is 2.50. The molecule has 5 heteroatoms. The van der Waals surface area contributed by atoms with Crippen molar-refractivity contribution in [2.24, 2.45) is 0 Å². The molecule has 0 fully saturated rings. The molecule has 0 saturated heterocycles. The summed E-state index contributed by atoms with van der Waals surface area (Å²) in [6, 6.07) is 1.35. The van der Waals surface area contributed by atoms with Gasteiger partial charge < -0.3 is 9.74 Å². The van der Waals surface area contributed by atoms with Gasteiger partial charge in [0.15, 0.2) is 8.32 Å². The van der Waals surface area contributed by atoms with Gasteiger partial charge in [0.2, 0.25) is 6.41 Å². The molecule has 0 unspecified atom stereocenters.